The average Bonchev–Trinajstić information content (AvgIpc) is 2.55. The molecule has 0 saturated heterocycles. The summed E-state index contributed by atoms with van der Waals surface area (Å²) in [5.41, 5.74) is 0.326. The molecule has 2 unspecified atom stereocenters. The second kappa shape index (κ2) is 6.71. The Morgan fingerprint density at radius 2 is 2.05 bits per heavy atom. The van der Waals surface area contributed by atoms with Gasteiger partial charge in [-0.2, -0.15) is 0 Å². The first kappa shape index (κ1) is 14.8. The zero-order valence-electron chi connectivity index (χ0n) is 10.5. The topological polar surface area (TPSA) is 29.1 Å². The molecule has 1 fully saturated rings. The number of carbonyl (C=O) groups excluding carboxylic acids is 1. The summed E-state index contributed by atoms with van der Waals surface area (Å²) in [7, 11) is 0. The highest BCUT2D eigenvalue weighted by molar-refractivity contribution is 9.09. The SMILES string of the molecule is O=C(NC1CCCCCC1Br)c1ccc(F)cc1Cl. The monoisotopic (exact) mass is 347 g/mol. The van der Waals surface area contributed by atoms with Crippen molar-refractivity contribution in [1.29, 1.82) is 0 Å². The smallest absolute Gasteiger partial charge is 0.253 e. The molecular formula is C14H16BrClFNO. The van der Waals surface area contributed by atoms with Crippen molar-refractivity contribution in [3.63, 3.8) is 0 Å². The molecule has 0 radical (unpaired) electrons. The number of hydrogen-bond donors (Lipinski definition) is 1. The van der Waals surface area contributed by atoms with Gasteiger partial charge in [-0.05, 0) is 31.0 Å². The van der Waals surface area contributed by atoms with Crippen LogP contribution in [-0.2, 0) is 0 Å². The van der Waals surface area contributed by atoms with Crippen LogP contribution in [-0.4, -0.2) is 16.8 Å². The van der Waals surface area contributed by atoms with E-state index in [9.17, 15) is 9.18 Å². The Kier molecular flexibility index (Phi) is 5.22. The molecule has 2 atom stereocenters. The van der Waals surface area contributed by atoms with Crippen molar-refractivity contribution < 1.29 is 9.18 Å². The van der Waals surface area contributed by atoms with Gasteiger partial charge in [-0.1, -0.05) is 46.8 Å². The van der Waals surface area contributed by atoms with Crippen LogP contribution in [0.5, 0.6) is 0 Å². The largest absolute Gasteiger partial charge is 0.348 e. The number of halogens is 3. The predicted octanol–water partition coefficient (Wildman–Crippen LogP) is 4.31. The van der Waals surface area contributed by atoms with Crippen molar-refractivity contribution in [3.05, 3.63) is 34.6 Å². The Labute approximate surface area is 125 Å². The third-order valence-electron chi connectivity index (χ3n) is 3.42. The van der Waals surface area contributed by atoms with E-state index in [2.05, 4.69) is 21.2 Å². The van der Waals surface area contributed by atoms with Gasteiger partial charge >= 0.3 is 0 Å². The zero-order chi connectivity index (χ0) is 13.8. The molecule has 2 nitrogen and oxygen atoms in total. The maximum absolute atomic E-state index is 13.0. The number of alkyl halides is 1. The summed E-state index contributed by atoms with van der Waals surface area (Å²) in [5, 5.41) is 3.14. The summed E-state index contributed by atoms with van der Waals surface area (Å²) in [6.07, 6.45) is 5.51. The molecule has 1 aromatic rings. The second-order valence-corrected chi connectivity index (χ2v) is 6.44. The van der Waals surface area contributed by atoms with Crippen molar-refractivity contribution in [2.45, 2.75) is 43.0 Å². The van der Waals surface area contributed by atoms with Crippen LogP contribution in [0.25, 0.3) is 0 Å². The molecule has 1 aliphatic carbocycles. The van der Waals surface area contributed by atoms with E-state index in [1.807, 2.05) is 0 Å². The number of amides is 1. The van der Waals surface area contributed by atoms with Gasteiger partial charge in [0.25, 0.3) is 5.91 Å². The van der Waals surface area contributed by atoms with Crippen molar-refractivity contribution in [1.82, 2.24) is 5.32 Å². The first-order valence-electron chi connectivity index (χ1n) is 6.48. The van der Waals surface area contributed by atoms with Gasteiger partial charge in [-0.15, -0.1) is 0 Å². The molecule has 0 heterocycles. The van der Waals surface area contributed by atoms with Gasteiger partial charge in [0.1, 0.15) is 5.82 Å². The van der Waals surface area contributed by atoms with E-state index in [4.69, 9.17) is 11.6 Å². The highest BCUT2D eigenvalue weighted by atomic mass is 79.9. The lowest BCUT2D eigenvalue weighted by molar-refractivity contribution is 0.0935. The lowest BCUT2D eigenvalue weighted by Gasteiger charge is -2.21. The van der Waals surface area contributed by atoms with Gasteiger partial charge in [-0.3, -0.25) is 4.79 Å². The molecule has 0 aromatic heterocycles. The van der Waals surface area contributed by atoms with Gasteiger partial charge in [0.2, 0.25) is 0 Å². The molecule has 1 saturated carbocycles. The molecule has 1 aliphatic rings. The summed E-state index contributed by atoms with van der Waals surface area (Å²) in [5.74, 6) is -0.671. The summed E-state index contributed by atoms with van der Waals surface area (Å²) in [4.78, 5) is 12.5. The van der Waals surface area contributed by atoms with Crippen molar-refractivity contribution in [3.8, 4) is 0 Å². The molecule has 2 rings (SSSR count). The molecule has 0 bridgehead atoms. The molecule has 0 aliphatic heterocycles. The molecule has 5 heteroatoms. The van der Waals surface area contributed by atoms with Gasteiger partial charge in [-0.25, -0.2) is 4.39 Å². The molecule has 104 valence electrons. The quantitative estimate of drug-likeness (QED) is 0.626. The summed E-state index contributed by atoms with van der Waals surface area (Å²) in [6, 6.07) is 3.94. The normalized spacial score (nSPS) is 23.7. The maximum atomic E-state index is 13.0. The van der Waals surface area contributed by atoms with E-state index in [0.29, 0.717) is 5.56 Å². The fourth-order valence-electron chi connectivity index (χ4n) is 2.34. The summed E-state index contributed by atoms with van der Waals surface area (Å²) < 4.78 is 13.0. The van der Waals surface area contributed by atoms with Crippen LogP contribution in [0.4, 0.5) is 4.39 Å². The zero-order valence-corrected chi connectivity index (χ0v) is 12.8. The van der Waals surface area contributed by atoms with E-state index in [1.165, 1.54) is 25.0 Å². The van der Waals surface area contributed by atoms with Crippen molar-refractivity contribution >= 4 is 33.4 Å². The van der Waals surface area contributed by atoms with Gasteiger partial charge in [0.15, 0.2) is 0 Å². The van der Waals surface area contributed by atoms with Crippen LogP contribution < -0.4 is 5.32 Å². The van der Waals surface area contributed by atoms with Crippen LogP contribution in [0.15, 0.2) is 18.2 Å². The number of carbonyl (C=O) groups is 1. The maximum Gasteiger partial charge on any atom is 0.253 e. The standard InChI is InChI=1S/C14H16BrClFNO/c15-11-4-2-1-3-5-13(11)18-14(19)10-7-6-9(17)8-12(10)16/h6-8,11,13H,1-5H2,(H,18,19). The van der Waals surface area contributed by atoms with E-state index in [1.54, 1.807) is 0 Å². The third-order valence-corrected chi connectivity index (χ3v) is 4.83. The number of nitrogens with one attached hydrogen (secondary N) is 1. The number of hydrogen-bond acceptors (Lipinski definition) is 1. The van der Waals surface area contributed by atoms with Crippen LogP contribution in [0.1, 0.15) is 42.5 Å². The summed E-state index contributed by atoms with van der Waals surface area (Å²) >= 11 is 9.53. The lowest BCUT2D eigenvalue weighted by Crippen LogP contribution is -2.40. The Morgan fingerprint density at radius 1 is 1.32 bits per heavy atom. The molecule has 1 aromatic carbocycles. The van der Waals surface area contributed by atoms with Gasteiger partial charge in [0, 0.05) is 10.9 Å². The van der Waals surface area contributed by atoms with Crippen molar-refractivity contribution in [2.75, 3.05) is 0 Å². The lowest BCUT2D eigenvalue weighted by atomic mass is 10.1. The van der Waals surface area contributed by atoms with Crippen LogP contribution in [0.3, 0.4) is 0 Å². The molecule has 0 spiro atoms. The Morgan fingerprint density at radius 3 is 2.79 bits per heavy atom. The van der Waals surface area contributed by atoms with Crippen molar-refractivity contribution in [2.24, 2.45) is 0 Å². The average molecular weight is 349 g/mol. The molecule has 1 N–H and O–H groups in total. The summed E-state index contributed by atoms with van der Waals surface area (Å²) in [6.45, 7) is 0. The van der Waals surface area contributed by atoms with Gasteiger partial charge < -0.3 is 5.32 Å². The first-order valence-corrected chi connectivity index (χ1v) is 7.77. The number of benzene rings is 1. The second-order valence-electron chi connectivity index (χ2n) is 4.86. The molecule has 19 heavy (non-hydrogen) atoms. The van der Waals surface area contributed by atoms with E-state index >= 15 is 0 Å². The minimum absolute atomic E-state index is 0.108. The van der Waals surface area contributed by atoms with E-state index in [-0.39, 0.29) is 21.8 Å². The Bertz CT molecular complexity index is 469. The van der Waals surface area contributed by atoms with E-state index in [0.717, 1.165) is 25.3 Å². The minimum Gasteiger partial charge on any atom is -0.348 e. The van der Waals surface area contributed by atoms with E-state index < -0.39 is 5.82 Å². The highest BCUT2D eigenvalue weighted by Gasteiger charge is 2.24. The fraction of sp³-hybridized carbons (Fsp3) is 0.500. The van der Waals surface area contributed by atoms with Crippen LogP contribution in [0.2, 0.25) is 5.02 Å². The number of rotatable bonds is 2. The first-order chi connectivity index (χ1) is 9.08. The Balaban J connectivity index is 2.07. The highest BCUT2D eigenvalue weighted by Crippen LogP contribution is 2.25. The van der Waals surface area contributed by atoms with Gasteiger partial charge in [0.05, 0.1) is 10.6 Å². The van der Waals surface area contributed by atoms with Crippen LogP contribution >= 0.6 is 27.5 Å². The third kappa shape index (κ3) is 3.93. The predicted molar refractivity (Wildman–Crippen MR) is 78.5 cm³/mol. The van der Waals surface area contributed by atoms with Crippen LogP contribution in [0, 0.1) is 5.82 Å². The minimum atomic E-state index is -0.436. The fourth-order valence-corrected chi connectivity index (χ4v) is 3.32. The molecule has 1 amide bonds. The molecular weight excluding hydrogens is 333 g/mol. The Hall–Kier alpha value is -0.610.